The van der Waals surface area contributed by atoms with Crippen molar-refractivity contribution >= 4 is 28.9 Å². The van der Waals surface area contributed by atoms with Crippen LogP contribution >= 0.6 is 11.6 Å². The van der Waals surface area contributed by atoms with Gasteiger partial charge >= 0.3 is 0 Å². The summed E-state index contributed by atoms with van der Waals surface area (Å²) in [7, 11) is 0. The molecule has 1 aliphatic rings. The standard InChI is InChI=1S/C22H29ClN4O/c1-3-26-12-14-27(15-13-26)21-10-8-20(9-11-21)25-22(28)16-24-17(2)18-4-6-19(23)7-5-18/h4-11,17,24H,3,12-16H2,1-2H3,(H,25,28)/p+2/t17-/m0/s1. The van der Waals surface area contributed by atoms with Gasteiger partial charge in [-0.25, -0.2) is 0 Å². The molecule has 1 saturated heterocycles. The highest BCUT2D eigenvalue weighted by atomic mass is 35.5. The molecule has 6 heteroatoms. The van der Waals surface area contributed by atoms with Gasteiger partial charge in [-0.2, -0.15) is 0 Å². The zero-order valence-electron chi connectivity index (χ0n) is 16.7. The van der Waals surface area contributed by atoms with Crippen molar-refractivity contribution < 1.29 is 15.0 Å². The molecular formula is C22H31ClN4O+2. The number of halogens is 1. The molecule has 0 aromatic heterocycles. The number of nitrogens with one attached hydrogen (secondary N) is 2. The van der Waals surface area contributed by atoms with Gasteiger partial charge < -0.3 is 20.4 Å². The van der Waals surface area contributed by atoms with E-state index in [4.69, 9.17) is 11.6 Å². The summed E-state index contributed by atoms with van der Waals surface area (Å²) < 4.78 is 0. The fourth-order valence-electron chi connectivity index (χ4n) is 3.59. The van der Waals surface area contributed by atoms with E-state index in [1.165, 1.54) is 25.3 Å². The van der Waals surface area contributed by atoms with Gasteiger partial charge in [0.1, 0.15) is 6.04 Å². The summed E-state index contributed by atoms with van der Waals surface area (Å²) in [6.07, 6.45) is 0. The molecule has 1 amide bonds. The molecule has 1 heterocycles. The van der Waals surface area contributed by atoms with Crippen molar-refractivity contribution in [2.24, 2.45) is 0 Å². The van der Waals surface area contributed by atoms with Gasteiger partial charge in [0.2, 0.25) is 0 Å². The third-order valence-electron chi connectivity index (χ3n) is 5.54. The summed E-state index contributed by atoms with van der Waals surface area (Å²) in [6.45, 7) is 10.5. The largest absolute Gasteiger partial charge is 0.360 e. The molecule has 0 radical (unpaired) electrons. The molecule has 0 spiro atoms. The Morgan fingerprint density at radius 1 is 1.14 bits per heavy atom. The van der Waals surface area contributed by atoms with Gasteiger partial charge in [0.25, 0.3) is 5.91 Å². The fourth-order valence-corrected chi connectivity index (χ4v) is 3.71. The predicted octanol–water partition coefficient (Wildman–Crippen LogP) is 1.33. The quantitative estimate of drug-likeness (QED) is 0.654. The average Bonchev–Trinajstić information content (AvgIpc) is 2.73. The molecule has 0 aliphatic carbocycles. The third kappa shape index (κ3) is 5.71. The van der Waals surface area contributed by atoms with Crippen LogP contribution < -0.4 is 20.4 Å². The Morgan fingerprint density at radius 2 is 1.79 bits per heavy atom. The molecule has 2 aromatic rings. The van der Waals surface area contributed by atoms with E-state index < -0.39 is 0 Å². The van der Waals surface area contributed by atoms with E-state index in [1.807, 2.05) is 41.7 Å². The van der Waals surface area contributed by atoms with Crippen LogP contribution in [0.25, 0.3) is 0 Å². The summed E-state index contributed by atoms with van der Waals surface area (Å²) in [5.41, 5.74) is 3.24. The molecule has 0 unspecified atom stereocenters. The molecule has 4 N–H and O–H groups in total. The van der Waals surface area contributed by atoms with Crippen LogP contribution in [0.2, 0.25) is 5.02 Å². The zero-order chi connectivity index (χ0) is 19.9. The smallest absolute Gasteiger partial charge is 0.279 e. The maximum Gasteiger partial charge on any atom is 0.279 e. The van der Waals surface area contributed by atoms with Crippen LogP contribution in [0.5, 0.6) is 0 Å². The predicted molar refractivity (Wildman–Crippen MR) is 115 cm³/mol. The first-order chi connectivity index (χ1) is 13.5. The Labute approximate surface area is 172 Å². The minimum atomic E-state index is 0.00808. The van der Waals surface area contributed by atoms with Gasteiger partial charge in [-0.05, 0) is 50.2 Å². The molecule has 5 nitrogen and oxygen atoms in total. The normalized spacial score (nSPS) is 16.0. The van der Waals surface area contributed by atoms with Gasteiger partial charge in [-0.15, -0.1) is 0 Å². The molecular weight excluding hydrogens is 372 g/mol. The van der Waals surface area contributed by atoms with Crippen molar-refractivity contribution in [3.63, 3.8) is 0 Å². The molecule has 1 aliphatic heterocycles. The lowest BCUT2D eigenvalue weighted by Crippen LogP contribution is -3.14. The molecule has 1 atom stereocenters. The molecule has 3 rings (SSSR count). The minimum Gasteiger partial charge on any atom is -0.360 e. The van der Waals surface area contributed by atoms with Crippen LogP contribution in [0.15, 0.2) is 48.5 Å². The number of hydrogen-bond acceptors (Lipinski definition) is 2. The van der Waals surface area contributed by atoms with Gasteiger partial charge in [0.05, 0.1) is 32.7 Å². The second-order valence-corrected chi connectivity index (χ2v) is 7.90. The van der Waals surface area contributed by atoms with Crippen molar-refractivity contribution in [2.75, 3.05) is 49.5 Å². The average molecular weight is 403 g/mol. The molecule has 28 heavy (non-hydrogen) atoms. The highest BCUT2D eigenvalue weighted by Crippen LogP contribution is 2.18. The lowest BCUT2D eigenvalue weighted by molar-refractivity contribution is -0.898. The van der Waals surface area contributed by atoms with Crippen molar-refractivity contribution in [3.05, 3.63) is 59.1 Å². The van der Waals surface area contributed by atoms with Crippen LogP contribution in [-0.4, -0.2) is 45.2 Å². The lowest BCUT2D eigenvalue weighted by Gasteiger charge is -2.33. The Morgan fingerprint density at radius 3 is 2.39 bits per heavy atom. The minimum absolute atomic E-state index is 0.00808. The number of anilines is 2. The Bertz CT molecular complexity index is 755. The molecule has 150 valence electrons. The Balaban J connectivity index is 1.46. The monoisotopic (exact) mass is 402 g/mol. The highest BCUT2D eigenvalue weighted by molar-refractivity contribution is 6.30. The fraction of sp³-hybridized carbons (Fsp3) is 0.409. The third-order valence-corrected chi connectivity index (χ3v) is 5.79. The number of likely N-dealkylation sites (N-methyl/N-ethyl adjacent to an activating group) is 1. The number of carbonyl (C=O) groups excluding carboxylic acids is 1. The summed E-state index contributed by atoms with van der Waals surface area (Å²) in [5, 5.41) is 5.75. The summed E-state index contributed by atoms with van der Waals surface area (Å²) >= 11 is 5.93. The number of nitrogens with zero attached hydrogens (tertiary/aromatic N) is 1. The van der Waals surface area contributed by atoms with Crippen LogP contribution in [-0.2, 0) is 4.79 Å². The highest BCUT2D eigenvalue weighted by Gasteiger charge is 2.18. The number of benzene rings is 2. The number of hydrogen-bond donors (Lipinski definition) is 3. The summed E-state index contributed by atoms with van der Waals surface area (Å²) in [6, 6.07) is 16.2. The molecule has 1 fully saturated rings. The first-order valence-electron chi connectivity index (χ1n) is 10.1. The topological polar surface area (TPSA) is 53.4 Å². The molecule has 0 saturated carbocycles. The van der Waals surface area contributed by atoms with Gasteiger partial charge in [-0.1, -0.05) is 23.7 Å². The lowest BCUT2D eigenvalue weighted by atomic mass is 10.1. The Kier molecular flexibility index (Phi) is 7.31. The van der Waals surface area contributed by atoms with Gasteiger partial charge in [0, 0.05) is 22.0 Å². The SMILES string of the molecule is CC[NH+]1CCN(c2ccc(NC(=O)C[NH2+][C@@H](C)c3ccc(Cl)cc3)cc2)CC1. The maximum absolute atomic E-state index is 12.3. The second kappa shape index (κ2) is 9.92. The number of piperazine rings is 1. The summed E-state index contributed by atoms with van der Waals surface area (Å²) in [5.74, 6) is 0.00808. The van der Waals surface area contributed by atoms with Crippen LogP contribution in [0, 0.1) is 0 Å². The van der Waals surface area contributed by atoms with E-state index in [2.05, 4.69) is 36.2 Å². The van der Waals surface area contributed by atoms with E-state index in [0.717, 1.165) is 29.4 Å². The van der Waals surface area contributed by atoms with Gasteiger partial charge in [-0.3, -0.25) is 4.79 Å². The van der Waals surface area contributed by atoms with E-state index in [9.17, 15) is 4.79 Å². The molecule has 0 bridgehead atoms. The molecule has 2 aromatic carbocycles. The van der Waals surface area contributed by atoms with Crippen molar-refractivity contribution in [3.8, 4) is 0 Å². The van der Waals surface area contributed by atoms with E-state index in [-0.39, 0.29) is 11.9 Å². The second-order valence-electron chi connectivity index (χ2n) is 7.47. The van der Waals surface area contributed by atoms with Gasteiger partial charge in [0.15, 0.2) is 6.54 Å². The number of carbonyl (C=O) groups is 1. The summed E-state index contributed by atoms with van der Waals surface area (Å²) in [4.78, 5) is 16.4. The van der Waals surface area contributed by atoms with E-state index in [1.54, 1.807) is 4.90 Å². The number of nitrogens with two attached hydrogens (primary N) is 1. The van der Waals surface area contributed by atoms with E-state index in [0.29, 0.717) is 6.54 Å². The van der Waals surface area contributed by atoms with Crippen LogP contribution in [0.3, 0.4) is 0 Å². The number of rotatable bonds is 7. The van der Waals surface area contributed by atoms with E-state index >= 15 is 0 Å². The number of quaternary nitrogens is 2. The van der Waals surface area contributed by atoms with Crippen LogP contribution in [0.4, 0.5) is 11.4 Å². The Hall–Kier alpha value is -2.08. The van der Waals surface area contributed by atoms with Crippen LogP contribution in [0.1, 0.15) is 25.5 Å². The number of amides is 1. The van der Waals surface area contributed by atoms with Crippen molar-refractivity contribution in [1.82, 2.24) is 0 Å². The first-order valence-corrected chi connectivity index (χ1v) is 10.5. The van der Waals surface area contributed by atoms with Crippen molar-refractivity contribution in [1.29, 1.82) is 0 Å². The first kappa shape index (κ1) is 20.6. The van der Waals surface area contributed by atoms with Crippen molar-refractivity contribution in [2.45, 2.75) is 19.9 Å². The zero-order valence-corrected chi connectivity index (χ0v) is 17.5. The maximum atomic E-state index is 12.3.